The SMILES string of the molecule is Oc1ccc(C#CCC=Cc2ccc(O)c(O)c2)cc1O. The molecule has 0 aliphatic rings. The van der Waals surface area contributed by atoms with Crippen LogP contribution in [0.25, 0.3) is 6.08 Å². The maximum atomic E-state index is 9.34. The number of benzene rings is 2. The van der Waals surface area contributed by atoms with Crippen molar-refractivity contribution in [3.05, 3.63) is 53.6 Å². The molecular weight excluding hydrogens is 268 g/mol. The molecule has 0 fully saturated rings. The zero-order chi connectivity index (χ0) is 15.2. The van der Waals surface area contributed by atoms with E-state index >= 15 is 0 Å². The molecule has 0 spiro atoms. The predicted molar refractivity (Wildman–Crippen MR) is 80.1 cm³/mol. The Kier molecular flexibility index (Phi) is 4.37. The molecular formula is C17H14O4. The number of allylic oxidation sites excluding steroid dienone is 1. The van der Waals surface area contributed by atoms with Gasteiger partial charge in [-0.3, -0.25) is 0 Å². The van der Waals surface area contributed by atoms with Crippen molar-refractivity contribution < 1.29 is 20.4 Å². The number of phenolic OH excluding ortho intramolecular Hbond substituents is 4. The van der Waals surface area contributed by atoms with Gasteiger partial charge in [-0.1, -0.05) is 30.1 Å². The van der Waals surface area contributed by atoms with Gasteiger partial charge in [-0.2, -0.15) is 0 Å². The molecule has 4 nitrogen and oxygen atoms in total. The smallest absolute Gasteiger partial charge is 0.158 e. The Morgan fingerprint density at radius 2 is 1.48 bits per heavy atom. The van der Waals surface area contributed by atoms with Gasteiger partial charge in [0.1, 0.15) is 0 Å². The van der Waals surface area contributed by atoms with Gasteiger partial charge in [0.15, 0.2) is 23.0 Å². The third kappa shape index (κ3) is 3.95. The van der Waals surface area contributed by atoms with Crippen molar-refractivity contribution in [2.24, 2.45) is 0 Å². The second kappa shape index (κ2) is 6.40. The molecule has 2 aromatic rings. The quantitative estimate of drug-likeness (QED) is 0.504. The van der Waals surface area contributed by atoms with Gasteiger partial charge in [-0.25, -0.2) is 0 Å². The molecule has 0 atom stereocenters. The Balaban J connectivity index is 1.97. The summed E-state index contributed by atoms with van der Waals surface area (Å²) >= 11 is 0. The minimum atomic E-state index is -0.197. The van der Waals surface area contributed by atoms with E-state index < -0.39 is 0 Å². The van der Waals surface area contributed by atoms with Crippen LogP contribution in [0, 0.1) is 11.8 Å². The topological polar surface area (TPSA) is 80.9 Å². The molecule has 0 bridgehead atoms. The van der Waals surface area contributed by atoms with E-state index in [9.17, 15) is 20.4 Å². The Hall–Kier alpha value is -3.06. The monoisotopic (exact) mass is 282 g/mol. The lowest BCUT2D eigenvalue weighted by Gasteiger charge is -1.97. The molecule has 0 amide bonds. The zero-order valence-electron chi connectivity index (χ0n) is 11.1. The number of hydrogen-bond acceptors (Lipinski definition) is 4. The van der Waals surface area contributed by atoms with Crippen LogP contribution in [0.5, 0.6) is 23.0 Å². The summed E-state index contributed by atoms with van der Waals surface area (Å²) in [5.41, 5.74) is 1.37. The Bertz CT molecular complexity index is 736. The van der Waals surface area contributed by atoms with E-state index in [-0.39, 0.29) is 23.0 Å². The number of rotatable bonds is 2. The molecule has 0 saturated heterocycles. The maximum Gasteiger partial charge on any atom is 0.158 e. The highest BCUT2D eigenvalue weighted by atomic mass is 16.3. The second-order valence-electron chi connectivity index (χ2n) is 4.36. The average Bonchev–Trinajstić information content (AvgIpc) is 2.46. The van der Waals surface area contributed by atoms with Crippen molar-refractivity contribution in [1.82, 2.24) is 0 Å². The fraction of sp³-hybridized carbons (Fsp3) is 0.0588. The molecule has 21 heavy (non-hydrogen) atoms. The lowest BCUT2D eigenvalue weighted by molar-refractivity contribution is 0.403. The van der Waals surface area contributed by atoms with E-state index in [1.165, 1.54) is 24.3 Å². The van der Waals surface area contributed by atoms with Crippen LogP contribution in [0.4, 0.5) is 0 Å². The molecule has 0 saturated carbocycles. The molecule has 0 radical (unpaired) electrons. The largest absolute Gasteiger partial charge is 0.504 e. The highest BCUT2D eigenvalue weighted by molar-refractivity contribution is 5.55. The van der Waals surface area contributed by atoms with E-state index in [2.05, 4.69) is 11.8 Å². The lowest BCUT2D eigenvalue weighted by Crippen LogP contribution is -1.75. The van der Waals surface area contributed by atoms with E-state index in [1.807, 2.05) is 6.08 Å². The van der Waals surface area contributed by atoms with E-state index in [0.29, 0.717) is 12.0 Å². The molecule has 4 N–H and O–H groups in total. The van der Waals surface area contributed by atoms with Gasteiger partial charge in [0.25, 0.3) is 0 Å². The molecule has 0 aromatic heterocycles. The van der Waals surface area contributed by atoms with Crippen LogP contribution in [-0.4, -0.2) is 20.4 Å². The van der Waals surface area contributed by atoms with Gasteiger partial charge < -0.3 is 20.4 Å². The highest BCUT2D eigenvalue weighted by Crippen LogP contribution is 2.25. The third-order valence-corrected chi connectivity index (χ3v) is 2.74. The summed E-state index contributed by atoms with van der Waals surface area (Å²) in [5, 5.41) is 37.0. The minimum absolute atomic E-state index is 0.154. The standard InChI is InChI=1S/C17H14O4/c18-14-8-6-12(10-16(14)20)4-2-1-3-5-13-7-9-15(19)17(21)11-13/h2,4,6-11,18-21H,1H2. The van der Waals surface area contributed by atoms with Gasteiger partial charge in [0.05, 0.1) is 0 Å². The summed E-state index contributed by atoms with van der Waals surface area (Å²) in [6, 6.07) is 8.94. The first-order chi connectivity index (χ1) is 10.1. The first-order valence-corrected chi connectivity index (χ1v) is 6.25. The molecule has 106 valence electrons. The van der Waals surface area contributed by atoms with E-state index in [0.717, 1.165) is 5.56 Å². The molecule has 0 heterocycles. The fourth-order valence-electron chi connectivity index (χ4n) is 1.65. The van der Waals surface area contributed by atoms with Crippen molar-refractivity contribution in [2.75, 3.05) is 0 Å². The summed E-state index contributed by atoms with van der Waals surface area (Å²) in [6.07, 6.45) is 4.09. The molecule has 4 heteroatoms. The van der Waals surface area contributed by atoms with Crippen LogP contribution in [0.1, 0.15) is 17.5 Å². The van der Waals surface area contributed by atoms with Crippen molar-refractivity contribution in [1.29, 1.82) is 0 Å². The van der Waals surface area contributed by atoms with Crippen LogP contribution in [0.15, 0.2) is 42.5 Å². The number of hydrogen-bond donors (Lipinski definition) is 4. The predicted octanol–water partition coefficient (Wildman–Crippen LogP) is 2.96. The third-order valence-electron chi connectivity index (χ3n) is 2.74. The molecule has 2 aromatic carbocycles. The van der Waals surface area contributed by atoms with Crippen molar-refractivity contribution in [2.45, 2.75) is 6.42 Å². The van der Waals surface area contributed by atoms with Gasteiger partial charge in [-0.15, -0.1) is 0 Å². The molecule has 0 unspecified atom stereocenters. The summed E-state index contributed by atoms with van der Waals surface area (Å²) in [6.45, 7) is 0. The van der Waals surface area contributed by atoms with Gasteiger partial charge in [0, 0.05) is 12.0 Å². The average molecular weight is 282 g/mol. The molecule has 0 aliphatic heterocycles. The highest BCUT2D eigenvalue weighted by Gasteiger charge is 1.98. The summed E-state index contributed by atoms with van der Waals surface area (Å²) in [7, 11) is 0. The number of phenols is 4. The van der Waals surface area contributed by atoms with Crippen LogP contribution >= 0.6 is 0 Å². The fourth-order valence-corrected chi connectivity index (χ4v) is 1.65. The Labute approximate surface area is 122 Å². The van der Waals surface area contributed by atoms with Crippen LogP contribution in [-0.2, 0) is 0 Å². The van der Waals surface area contributed by atoms with Gasteiger partial charge in [-0.05, 0) is 35.9 Å². The molecule has 2 rings (SSSR count). The first-order valence-electron chi connectivity index (χ1n) is 6.25. The van der Waals surface area contributed by atoms with Crippen molar-refractivity contribution >= 4 is 6.08 Å². The van der Waals surface area contributed by atoms with Crippen molar-refractivity contribution in [3.63, 3.8) is 0 Å². The normalized spacial score (nSPS) is 10.3. The van der Waals surface area contributed by atoms with E-state index in [1.54, 1.807) is 18.2 Å². The Morgan fingerprint density at radius 3 is 2.14 bits per heavy atom. The van der Waals surface area contributed by atoms with Crippen LogP contribution < -0.4 is 0 Å². The maximum absolute atomic E-state index is 9.34. The minimum Gasteiger partial charge on any atom is -0.504 e. The van der Waals surface area contributed by atoms with Crippen molar-refractivity contribution in [3.8, 4) is 34.8 Å². The van der Waals surface area contributed by atoms with Crippen LogP contribution in [0.2, 0.25) is 0 Å². The number of aromatic hydroxyl groups is 4. The second-order valence-corrected chi connectivity index (χ2v) is 4.36. The zero-order valence-corrected chi connectivity index (χ0v) is 11.1. The summed E-state index contributed by atoms with van der Waals surface area (Å²) < 4.78 is 0. The first kappa shape index (κ1) is 14.4. The summed E-state index contributed by atoms with van der Waals surface area (Å²) in [4.78, 5) is 0. The Morgan fingerprint density at radius 1 is 0.810 bits per heavy atom. The van der Waals surface area contributed by atoms with Gasteiger partial charge in [0.2, 0.25) is 0 Å². The lowest BCUT2D eigenvalue weighted by atomic mass is 10.1. The van der Waals surface area contributed by atoms with Crippen LogP contribution in [0.3, 0.4) is 0 Å². The van der Waals surface area contributed by atoms with Gasteiger partial charge >= 0.3 is 0 Å². The van der Waals surface area contributed by atoms with E-state index in [4.69, 9.17) is 0 Å². The summed E-state index contributed by atoms with van der Waals surface area (Å²) in [5.74, 6) is 5.07. The molecule has 0 aliphatic carbocycles.